The van der Waals surface area contributed by atoms with Crippen LogP contribution in [0, 0.1) is 0 Å². The summed E-state index contributed by atoms with van der Waals surface area (Å²) >= 11 is 0. The van der Waals surface area contributed by atoms with Gasteiger partial charge in [0.2, 0.25) is 0 Å². The number of nitrogens with two attached hydrogens (primary N) is 1. The second kappa shape index (κ2) is 3.59. The largest absolute Gasteiger partial charge is 0.298 e. The highest BCUT2D eigenvalue weighted by molar-refractivity contribution is 5.92. The van der Waals surface area contributed by atoms with E-state index in [0.29, 0.717) is 11.8 Å². The van der Waals surface area contributed by atoms with Crippen molar-refractivity contribution in [3.63, 3.8) is 0 Å². The Kier molecular flexibility index (Phi) is 2.49. The zero-order chi connectivity index (χ0) is 8.97. The third-order valence-corrected chi connectivity index (χ3v) is 1.29. The van der Waals surface area contributed by atoms with Gasteiger partial charge in [0.25, 0.3) is 5.91 Å². The molecular weight excluding hydrogens is 158 g/mol. The molecule has 3 N–H and O–H groups in total. The van der Waals surface area contributed by atoms with Crippen LogP contribution < -0.4 is 11.3 Å². The topological polar surface area (TPSA) is 85.1 Å². The van der Waals surface area contributed by atoms with Gasteiger partial charge in [-0.25, -0.2) is 5.84 Å². The lowest BCUT2D eigenvalue weighted by atomic mass is 10.2. The molecule has 5 nitrogen and oxygen atoms in total. The van der Waals surface area contributed by atoms with Crippen molar-refractivity contribution < 1.29 is 9.59 Å². The van der Waals surface area contributed by atoms with Crippen molar-refractivity contribution in [3.05, 3.63) is 29.6 Å². The average molecular weight is 165 g/mol. The monoisotopic (exact) mass is 165 g/mol. The van der Waals surface area contributed by atoms with Crippen LogP contribution in [-0.2, 0) is 0 Å². The van der Waals surface area contributed by atoms with Crippen molar-refractivity contribution in [3.8, 4) is 0 Å². The molecule has 0 bridgehead atoms. The molecule has 1 heterocycles. The number of pyridine rings is 1. The molecule has 12 heavy (non-hydrogen) atoms. The van der Waals surface area contributed by atoms with Gasteiger partial charge in [0, 0.05) is 11.8 Å². The highest BCUT2D eigenvalue weighted by Crippen LogP contribution is 1.96. The SMILES string of the molecule is NNC(=O)c1ccc(C=O)cn1. The van der Waals surface area contributed by atoms with Gasteiger partial charge in [0.15, 0.2) is 6.29 Å². The molecule has 1 amide bonds. The molecule has 0 aliphatic heterocycles. The number of aromatic nitrogens is 1. The summed E-state index contributed by atoms with van der Waals surface area (Å²) in [4.78, 5) is 24.7. The summed E-state index contributed by atoms with van der Waals surface area (Å²) in [5.74, 6) is 4.39. The maximum atomic E-state index is 10.8. The lowest BCUT2D eigenvalue weighted by Crippen LogP contribution is -2.30. The fraction of sp³-hybridized carbons (Fsp3) is 0. The second-order valence-corrected chi connectivity index (χ2v) is 2.07. The third kappa shape index (κ3) is 1.64. The lowest BCUT2D eigenvalue weighted by Gasteiger charge is -1.96. The molecule has 0 atom stereocenters. The Balaban J connectivity index is 2.91. The van der Waals surface area contributed by atoms with E-state index in [0.717, 1.165) is 0 Å². The zero-order valence-corrected chi connectivity index (χ0v) is 6.15. The number of carbonyl (C=O) groups excluding carboxylic acids is 2. The van der Waals surface area contributed by atoms with Gasteiger partial charge in [-0.1, -0.05) is 0 Å². The molecule has 1 aromatic heterocycles. The van der Waals surface area contributed by atoms with Crippen LogP contribution in [0.4, 0.5) is 0 Å². The van der Waals surface area contributed by atoms with E-state index in [2.05, 4.69) is 4.98 Å². The summed E-state index contributed by atoms with van der Waals surface area (Å²) < 4.78 is 0. The number of carbonyl (C=O) groups is 2. The average Bonchev–Trinajstić information content (AvgIpc) is 2.17. The number of nitrogens with zero attached hydrogens (tertiary/aromatic N) is 1. The minimum atomic E-state index is -0.479. The summed E-state index contributed by atoms with van der Waals surface area (Å²) in [6.07, 6.45) is 1.95. The normalized spacial score (nSPS) is 9.08. The molecule has 0 saturated heterocycles. The van der Waals surface area contributed by atoms with E-state index in [4.69, 9.17) is 5.84 Å². The number of nitrogens with one attached hydrogen (secondary N) is 1. The molecule has 0 aliphatic rings. The van der Waals surface area contributed by atoms with E-state index in [1.807, 2.05) is 5.43 Å². The predicted molar refractivity (Wildman–Crippen MR) is 41.3 cm³/mol. The molecule has 5 heteroatoms. The second-order valence-electron chi connectivity index (χ2n) is 2.07. The maximum absolute atomic E-state index is 10.8. The van der Waals surface area contributed by atoms with Gasteiger partial charge in [0.1, 0.15) is 5.69 Å². The van der Waals surface area contributed by atoms with Gasteiger partial charge < -0.3 is 0 Å². The summed E-state index contributed by atoms with van der Waals surface area (Å²) in [5, 5.41) is 0. The number of rotatable bonds is 2. The van der Waals surface area contributed by atoms with Crippen molar-refractivity contribution in [1.29, 1.82) is 0 Å². The van der Waals surface area contributed by atoms with Gasteiger partial charge in [0.05, 0.1) is 0 Å². The molecule has 1 aromatic rings. The fourth-order valence-corrected chi connectivity index (χ4v) is 0.683. The molecule has 0 unspecified atom stereocenters. The zero-order valence-electron chi connectivity index (χ0n) is 6.15. The number of hydrogen-bond donors (Lipinski definition) is 2. The van der Waals surface area contributed by atoms with Crippen LogP contribution in [-0.4, -0.2) is 17.2 Å². The molecule has 1 rings (SSSR count). The third-order valence-electron chi connectivity index (χ3n) is 1.29. The van der Waals surface area contributed by atoms with Gasteiger partial charge in [-0.05, 0) is 12.1 Å². The number of hydrogen-bond acceptors (Lipinski definition) is 4. The first-order valence-electron chi connectivity index (χ1n) is 3.20. The van der Waals surface area contributed by atoms with E-state index in [-0.39, 0.29) is 5.69 Å². The van der Waals surface area contributed by atoms with Crippen molar-refractivity contribution in [1.82, 2.24) is 10.4 Å². The molecule has 0 aliphatic carbocycles. The number of amides is 1. The lowest BCUT2D eigenvalue weighted by molar-refractivity contribution is 0.0948. The Hall–Kier alpha value is -1.75. The number of hydrazine groups is 1. The van der Waals surface area contributed by atoms with E-state index in [9.17, 15) is 9.59 Å². The standard InChI is InChI=1S/C7H7N3O2/c8-10-7(12)6-2-1-5(4-11)3-9-6/h1-4H,8H2,(H,10,12). The van der Waals surface area contributed by atoms with Gasteiger partial charge >= 0.3 is 0 Å². The quantitative estimate of drug-likeness (QED) is 0.267. The molecule has 62 valence electrons. The Morgan fingerprint density at radius 3 is 2.75 bits per heavy atom. The Bertz CT molecular complexity index is 294. The van der Waals surface area contributed by atoms with Crippen molar-refractivity contribution in [2.24, 2.45) is 5.84 Å². The smallest absolute Gasteiger partial charge is 0.283 e. The summed E-state index contributed by atoms with van der Waals surface area (Å²) in [5.41, 5.74) is 2.53. The van der Waals surface area contributed by atoms with Crippen LogP contribution in [0.3, 0.4) is 0 Å². The van der Waals surface area contributed by atoms with Gasteiger partial charge in [-0.3, -0.25) is 20.0 Å². The van der Waals surface area contributed by atoms with Crippen LogP contribution in [0.15, 0.2) is 18.3 Å². The van der Waals surface area contributed by atoms with E-state index in [1.165, 1.54) is 18.3 Å². The van der Waals surface area contributed by atoms with Gasteiger partial charge in [-0.2, -0.15) is 0 Å². The number of aldehydes is 1. The van der Waals surface area contributed by atoms with Crippen molar-refractivity contribution in [2.75, 3.05) is 0 Å². The predicted octanol–water partition coefficient (Wildman–Crippen LogP) is -0.502. The molecule has 0 saturated carbocycles. The fourth-order valence-electron chi connectivity index (χ4n) is 0.683. The number of nitrogen functional groups attached to an aromatic ring is 1. The first-order valence-corrected chi connectivity index (χ1v) is 3.20. The van der Waals surface area contributed by atoms with Crippen LogP contribution in [0.5, 0.6) is 0 Å². The van der Waals surface area contributed by atoms with E-state index < -0.39 is 5.91 Å². The first kappa shape index (κ1) is 8.35. The minimum absolute atomic E-state index is 0.183. The van der Waals surface area contributed by atoms with Crippen LogP contribution in [0.2, 0.25) is 0 Å². The molecule has 0 fully saturated rings. The summed E-state index contributed by atoms with van der Waals surface area (Å²) in [6, 6.07) is 2.91. The molecule has 0 radical (unpaired) electrons. The molecule has 0 spiro atoms. The van der Waals surface area contributed by atoms with E-state index in [1.54, 1.807) is 0 Å². The van der Waals surface area contributed by atoms with Gasteiger partial charge in [-0.15, -0.1) is 0 Å². The highest BCUT2D eigenvalue weighted by Gasteiger charge is 2.03. The Labute approximate surface area is 68.6 Å². The van der Waals surface area contributed by atoms with Crippen LogP contribution in [0.1, 0.15) is 20.8 Å². The van der Waals surface area contributed by atoms with Crippen molar-refractivity contribution in [2.45, 2.75) is 0 Å². The van der Waals surface area contributed by atoms with Crippen LogP contribution in [0.25, 0.3) is 0 Å². The highest BCUT2D eigenvalue weighted by atomic mass is 16.2. The summed E-state index contributed by atoms with van der Waals surface area (Å²) in [6.45, 7) is 0. The summed E-state index contributed by atoms with van der Waals surface area (Å²) in [7, 11) is 0. The Morgan fingerprint density at radius 2 is 2.33 bits per heavy atom. The molecule has 0 aromatic carbocycles. The van der Waals surface area contributed by atoms with Crippen molar-refractivity contribution >= 4 is 12.2 Å². The van der Waals surface area contributed by atoms with E-state index >= 15 is 0 Å². The Morgan fingerprint density at radius 1 is 1.58 bits per heavy atom. The first-order chi connectivity index (χ1) is 5.77. The minimum Gasteiger partial charge on any atom is -0.298 e. The maximum Gasteiger partial charge on any atom is 0.283 e. The van der Waals surface area contributed by atoms with Crippen LogP contribution >= 0.6 is 0 Å². The molecular formula is C7H7N3O2.